The third kappa shape index (κ3) is 2.02. The van der Waals surface area contributed by atoms with Crippen molar-refractivity contribution in [2.24, 2.45) is 5.11 Å². The molecule has 2 atom stereocenters. The summed E-state index contributed by atoms with van der Waals surface area (Å²) in [6, 6.07) is 0.263. The molecule has 10 heavy (non-hydrogen) atoms. The first-order chi connectivity index (χ1) is 4.84. The van der Waals surface area contributed by atoms with Gasteiger partial charge in [-0.3, -0.25) is 0 Å². The van der Waals surface area contributed by atoms with Gasteiger partial charge in [-0.2, -0.15) is 0 Å². The Morgan fingerprint density at radius 3 is 2.70 bits per heavy atom. The summed E-state index contributed by atoms with van der Waals surface area (Å²) in [5.41, 5.74) is 8.19. The Bertz CT molecular complexity index is 153. The van der Waals surface area contributed by atoms with Crippen molar-refractivity contribution < 1.29 is 0 Å². The average Bonchev–Trinajstić information content (AvgIpc) is 1.94. The number of alkyl halides is 1. The summed E-state index contributed by atoms with van der Waals surface area (Å²) < 4.78 is 0.572. The van der Waals surface area contributed by atoms with Gasteiger partial charge in [-0.15, -0.1) is 0 Å². The van der Waals surface area contributed by atoms with Gasteiger partial charge in [0.1, 0.15) is 0 Å². The number of nitrogens with zero attached hydrogens (tertiary/aromatic N) is 3. The Hall–Kier alpha value is 0.0400. The highest BCUT2D eigenvalue weighted by Gasteiger charge is 2.20. The molecule has 1 rings (SSSR count). The predicted octanol–water partition coefficient (Wildman–Crippen LogP) is 3.04. The number of halogens is 1. The van der Waals surface area contributed by atoms with Crippen molar-refractivity contribution in [1.29, 1.82) is 0 Å². The van der Waals surface area contributed by atoms with Crippen LogP contribution in [0.15, 0.2) is 5.11 Å². The molecular weight excluding hydrogens is 241 g/mol. The van der Waals surface area contributed by atoms with Crippen LogP contribution in [0.5, 0.6) is 0 Å². The van der Waals surface area contributed by atoms with Crippen molar-refractivity contribution in [1.82, 2.24) is 0 Å². The molecule has 4 heteroatoms. The van der Waals surface area contributed by atoms with Crippen LogP contribution in [-0.2, 0) is 0 Å². The molecule has 1 fully saturated rings. The predicted molar refractivity (Wildman–Crippen MR) is 49.2 cm³/mol. The number of rotatable bonds is 1. The van der Waals surface area contributed by atoms with Gasteiger partial charge in [0.2, 0.25) is 0 Å². The molecule has 0 heterocycles. The molecule has 0 saturated heterocycles. The molecule has 0 amide bonds. The van der Waals surface area contributed by atoms with Gasteiger partial charge in [-0.05, 0) is 18.4 Å². The highest BCUT2D eigenvalue weighted by atomic mass is 127. The van der Waals surface area contributed by atoms with Gasteiger partial charge < -0.3 is 0 Å². The summed E-state index contributed by atoms with van der Waals surface area (Å²) >= 11 is 2.38. The van der Waals surface area contributed by atoms with Crippen LogP contribution in [0.1, 0.15) is 25.7 Å². The van der Waals surface area contributed by atoms with Crippen LogP contribution >= 0.6 is 22.6 Å². The fraction of sp³-hybridized carbons (Fsp3) is 1.00. The molecule has 0 aromatic rings. The minimum absolute atomic E-state index is 0.263. The van der Waals surface area contributed by atoms with Crippen LogP contribution in [0.25, 0.3) is 10.4 Å². The van der Waals surface area contributed by atoms with E-state index in [0.717, 1.165) is 6.42 Å². The molecule has 56 valence electrons. The van der Waals surface area contributed by atoms with E-state index in [1.54, 1.807) is 0 Å². The zero-order chi connectivity index (χ0) is 7.40. The first-order valence-corrected chi connectivity index (χ1v) is 4.77. The van der Waals surface area contributed by atoms with Gasteiger partial charge in [0.05, 0.1) is 0 Å². The normalized spacial score (nSPS) is 32.9. The van der Waals surface area contributed by atoms with Crippen molar-refractivity contribution in [3.05, 3.63) is 10.4 Å². The Morgan fingerprint density at radius 2 is 2.10 bits per heavy atom. The number of hydrogen-bond acceptors (Lipinski definition) is 1. The lowest BCUT2D eigenvalue weighted by atomic mass is 9.96. The molecule has 0 aromatic heterocycles. The number of azide groups is 1. The highest BCUT2D eigenvalue weighted by molar-refractivity contribution is 14.1. The van der Waals surface area contributed by atoms with Gasteiger partial charge in [0.25, 0.3) is 0 Å². The van der Waals surface area contributed by atoms with Crippen molar-refractivity contribution in [2.75, 3.05) is 0 Å². The van der Waals surface area contributed by atoms with E-state index in [-0.39, 0.29) is 6.04 Å². The van der Waals surface area contributed by atoms with Crippen LogP contribution in [0.2, 0.25) is 0 Å². The van der Waals surface area contributed by atoms with Gasteiger partial charge in [-0.25, -0.2) is 0 Å². The van der Waals surface area contributed by atoms with Crippen LogP contribution in [0.4, 0.5) is 0 Å². The minimum Gasteiger partial charge on any atom is -0.0895 e. The van der Waals surface area contributed by atoms with E-state index in [0.29, 0.717) is 3.92 Å². The van der Waals surface area contributed by atoms with E-state index in [9.17, 15) is 0 Å². The first kappa shape index (κ1) is 8.14. The summed E-state index contributed by atoms with van der Waals surface area (Å²) in [6.45, 7) is 0. The average molecular weight is 251 g/mol. The molecular formula is C6H10IN3. The second-order valence-corrected chi connectivity index (χ2v) is 4.17. The lowest BCUT2D eigenvalue weighted by Crippen LogP contribution is -2.21. The third-order valence-electron chi connectivity index (χ3n) is 1.85. The van der Waals surface area contributed by atoms with Crippen molar-refractivity contribution >= 4 is 22.6 Å². The maximum Gasteiger partial charge on any atom is 0.0491 e. The summed E-state index contributed by atoms with van der Waals surface area (Å²) in [7, 11) is 0. The van der Waals surface area contributed by atoms with E-state index in [1.165, 1.54) is 19.3 Å². The van der Waals surface area contributed by atoms with Crippen LogP contribution < -0.4 is 0 Å². The van der Waals surface area contributed by atoms with Crippen molar-refractivity contribution in [2.45, 2.75) is 35.6 Å². The van der Waals surface area contributed by atoms with Crippen LogP contribution in [0, 0.1) is 0 Å². The largest absolute Gasteiger partial charge is 0.0895 e. The van der Waals surface area contributed by atoms with Gasteiger partial charge in [0, 0.05) is 14.9 Å². The Labute approximate surface area is 74.0 Å². The molecule has 3 nitrogen and oxygen atoms in total. The lowest BCUT2D eigenvalue weighted by molar-refractivity contribution is 0.463. The van der Waals surface area contributed by atoms with Gasteiger partial charge in [0.15, 0.2) is 0 Å². The molecule has 0 spiro atoms. The highest BCUT2D eigenvalue weighted by Crippen LogP contribution is 2.27. The van der Waals surface area contributed by atoms with Crippen LogP contribution in [-0.4, -0.2) is 9.97 Å². The second kappa shape index (κ2) is 4.03. The molecule has 1 aliphatic carbocycles. The summed E-state index contributed by atoms with van der Waals surface area (Å²) in [5.74, 6) is 0. The van der Waals surface area contributed by atoms with Gasteiger partial charge in [-0.1, -0.05) is 40.5 Å². The zero-order valence-corrected chi connectivity index (χ0v) is 7.86. The van der Waals surface area contributed by atoms with Crippen molar-refractivity contribution in [3.8, 4) is 0 Å². The standard InChI is InChI=1S/C6H10IN3/c7-5-3-1-2-4-6(5)9-10-8/h5-6H,1-4H2. The zero-order valence-electron chi connectivity index (χ0n) is 5.70. The molecule has 2 unspecified atom stereocenters. The Morgan fingerprint density at radius 1 is 1.40 bits per heavy atom. The molecule has 0 aliphatic heterocycles. The fourth-order valence-electron chi connectivity index (χ4n) is 1.26. The number of hydrogen-bond donors (Lipinski definition) is 0. The maximum atomic E-state index is 8.19. The maximum absolute atomic E-state index is 8.19. The van der Waals surface area contributed by atoms with E-state index in [1.807, 2.05) is 0 Å². The minimum atomic E-state index is 0.263. The smallest absolute Gasteiger partial charge is 0.0491 e. The van der Waals surface area contributed by atoms with Gasteiger partial charge >= 0.3 is 0 Å². The van der Waals surface area contributed by atoms with E-state index in [2.05, 4.69) is 32.6 Å². The third-order valence-corrected chi connectivity index (χ3v) is 3.30. The monoisotopic (exact) mass is 251 g/mol. The SMILES string of the molecule is [N-]=[N+]=NC1CCCCC1I. The lowest BCUT2D eigenvalue weighted by Gasteiger charge is -2.22. The molecule has 1 saturated carbocycles. The molecule has 0 aromatic carbocycles. The molecule has 0 radical (unpaired) electrons. The summed E-state index contributed by atoms with van der Waals surface area (Å²) in [4.78, 5) is 2.83. The van der Waals surface area contributed by atoms with Crippen molar-refractivity contribution in [3.63, 3.8) is 0 Å². The van der Waals surface area contributed by atoms with E-state index in [4.69, 9.17) is 5.53 Å². The molecule has 1 aliphatic rings. The Kier molecular flexibility index (Phi) is 3.28. The Balaban J connectivity index is 2.47. The molecule has 0 bridgehead atoms. The fourth-order valence-corrected chi connectivity index (χ4v) is 2.21. The quantitative estimate of drug-likeness (QED) is 0.226. The first-order valence-electron chi connectivity index (χ1n) is 3.53. The van der Waals surface area contributed by atoms with E-state index < -0.39 is 0 Å². The second-order valence-electron chi connectivity index (χ2n) is 2.57. The summed E-state index contributed by atoms with van der Waals surface area (Å²) in [6.07, 6.45) is 4.82. The summed E-state index contributed by atoms with van der Waals surface area (Å²) in [5, 5.41) is 3.74. The van der Waals surface area contributed by atoms with E-state index >= 15 is 0 Å². The van der Waals surface area contributed by atoms with Crippen LogP contribution in [0.3, 0.4) is 0 Å². The molecule has 0 N–H and O–H groups in total. The topological polar surface area (TPSA) is 48.8 Å².